The molecule has 3 aromatic rings. The molecule has 3 rings (SSSR count). The van der Waals surface area contributed by atoms with E-state index in [0.717, 1.165) is 15.6 Å². The van der Waals surface area contributed by atoms with Crippen LogP contribution in [0.1, 0.15) is 28.4 Å². The minimum atomic E-state index is -0.385. The molecule has 0 aliphatic heterocycles. The first kappa shape index (κ1) is 21.6. The SMILES string of the molecule is CCOC(=O)c1ccc(NC(=O)Cc2cc(Br)ccc2OCc2ccccc2)cc1. The molecule has 154 valence electrons. The Labute approximate surface area is 184 Å². The quantitative estimate of drug-likeness (QED) is 0.451. The van der Waals surface area contributed by atoms with Crippen molar-refractivity contribution in [2.24, 2.45) is 0 Å². The molecule has 0 spiro atoms. The molecule has 3 aromatic carbocycles. The summed E-state index contributed by atoms with van der Waals surface area (Å²) in [6.07, 6.45) is 0.156. The molecule has 6 heteroatoms. The zero-order valence-electron chi connectivity index (χ0n) is 16.6. The smallest absolute Gasteiger partial charge is 0.338 e. The molecule has 0 radical (unpaired) electrons. The van der Waals surface area contributed by atoms with E-state index >= 15 is 0 Å². The van der Waals surface area contributed by atoms with E-state index in [2.05, 4.69) is 21.2 Å². The average Bonchev–Trinajstić information content (AvgIpc) is 2.74. The fraction of sp³-hybridized carbons (Fsp3) is 0.167. The van der Waals surface area contributed by atoms with Gasteiger partial charge in [0.2, 0.25) is 5.91 Å². The first-order valence-corrected chi connectivity index (χ1v) is 10.4. The van der Waals surface area contributed by atoms with Crippen molar-refractivity contribution in [1.82, 2.24) is 0 Å². The monoisotopic (exact) mass is 467 g/mol. The van der Waals surface area contributed by atoms with E-state index in [9.17, 15) is 9.59 Å². The molecule has 30 heavy (non-hydrogen) atoms. The lowest BCUT2D eigenvalue weighted by molar-refractivity contribution is -0.115. The van der Waals surface area contributed by atoms with Crippen molar-refractivity contribution < 1.29 is 19.1 Å². The summed E-state index contributed by atoms with van der Waals surface area (Å²) in [5, 5.41) is 2.85. The van der Waals surface area contributed by atoms with Gasteiger partial charge in [0.05, 0.1) is 18.6 Å². The van der Waals surface area contributed by atoms with Crippen LogP contribution in [0.15, 0.2) is 77.3 Å². The van der Waals surface area contributed by atoms with Gasteiger partial charge in [0, 0.05) is 15.7 Å². The lowest BCUT2D eigenvalue weighted by Crippen LogP contribution is -2.15. The van der Waals surface area contributed by atoms with Crippen molar-refractivity contribution in [3.8, 4) is 5.75 Å². The van der Waals surface area contributed by atoms with Gasteiger partial charge in [0.1, 0.15) is 12.4 Å². The highest BCUT2D eigenvalue weighted by Gasteiger charge is 2.12. The van der Waals surface area contributed by atoms with Gasteiger partial charge in [0.15, 0.2) is 0 Å². The van der Waals surface area contributed by atoms with Crippen molar-refractivity contribution in [2.75, 3.05) is 11.9 Å². The third-order valence-corrected chi connectivity index (χ3v) is 4.78. The molecule has 0 saturated carbocycles. The predicted octanol–water partition coefficient (Wildman–Crippen LogP) is 5.39. The van der Waals surface area contributed by atoms with Gasteiger partial charge in [-0.05, 0) is 55.0 Å². The highest BCUT2D eigenvalue weighted by Crippen LogP contribution is 2.25. The zero-order valence-corrected chi connectivity index (χ0v) is 18.1. The number of ether oxygens (including phenoxy) is 2. The second-order valence-electron chi connectivity index (χ2n) is 6.55. The van der Waals surface area contributed by atoms with Crippen LogP contribution in [0.3, 0.4) is 0 Å². The third kappa shape index (κ3) is 6.19. The number of rotatable bonds is 8. The Balaban J connectivity index is 1.64. The van der Waals surface area contributed by atoms with Gasteiger partial charge in [-0.3, -0.25) is 4.79 Å². The van der Waals surface area contributed by atoms with E-state index in [0.29, 0.717) is 30.2 Å². The molecule has 0 unspecified atom stereocenters. The van der Waals surface area contributed by atoms with Crippen molar-refractivity contribution in [1.29, 1.82) is 0 Å². The summed E-state index contributed by atoms with van der Waals surface area (Å²) < 4.78 is 11.8. The summed E-state index contributed by atoms with van der Waals surface area (Å²) in [6, 6.07) is 22.1. The topological polar surface area (TPSA) is 64.6 Å². The Hall–Kier alpha value is -3.12. The second kappa shape index (κ2) is 10.6. The second-order valence-corrected chi connectivity index (χ2v) is 7.46. The Morgan fingerprint density at radius 1 is 0.967 bits per heavy atom. The van der Waals surface area contributed by atoms with E-state index in [1.807, 2.05) is 48.5 Å². The minimum Gasteiger partial charge on any atom is -0.489 e. The van der Waals surface area contributed by atoms with Crippen molar-refractivity contribution in [3.05, 3.63) is 94.0 Å². The summed E-state index contributed by atoms with van der Waals surface area (Å²) in [7, 11) is 0. The number of carbonyl (C=O) groups is 2. The maximum atomic E-state index is 12.6. The number of benzene rings is 3. The van der Waals surface area contributed by atoms with Gasteiger partial charge in [-0.1, -0.05) is 46.3 Å². The van der Waals surface area contributed by atoms with Gasteiger partial charge < -0.3 is 14.8 Å². The molecule has 0 atom stereocenters. The van der Waals surface area contributed by atoms with Crippen LogP contribution < -0.4 is 10.1 Å². The van der Waals surface area contributed by atoms with E-state index in [4.69, 9.17) is 9.47 Å². The van der Waals surface area contributed by atoms with Gasteiger partial charge in [0.25, 0.3) is 0 Å². The highest BCUT2D eigenvalue weighted by atomic mass is 79.9. The number of anilines is 1. The van der Waals surface area contributed by atoms with Crippen LogP contribution in [-0.4, -0.2) is 18.5 Å². The number of hydrogen-bond acceptors (Lipinski definition) is 4. The highest BCUT2D eigenvalue weighted by molar-refractivity contribution is 9.10. The number of carbonyl (C=O) groups excluding carboxylic acids is 2. The van der Waals surface area contributed by atoms with Crippen molar-refractivity contribution in [3.63, 3.8) is 0 Å². The summed E-state index contributed by atoms with van der Waals surface area (Å²) in [6.45, 7) is 2.50. The van der Waals surface area contributed by atoms with Gasteiger partial charge in [-0.15, -0.1) is 0 Å². The Morgan fingerprint density at radius 2 is 1.70 bits per heavy atom. The lowest BCUT2D eigenvalue weighted by atomic mass is 10.1. The first-order chi connectivity index (χ1) is 14.5. The Kier molecular flexibility index (Phi) is 7.63. The Bertz CT molecular complexity index is 1000. The summed E-state index contributed by atoms with van der Waals surface area (Å²) in [5.41, 5.74) is 2.88. The molecule has 1 amide bonds. The fourth-order valence-electron chi connectivity index (χ4n) is 2.84. The van der Waals surface area contributed by atoms with Crippen LogP contribution in [0.5, 0.6) is 5.75 Å². The average molecular weight is 468 g/mol. The first-order valence-electron chi connectivity index (χ1n) is 9.57. The molecule has 0 aliphatic rings. The number of hydrogen-bond donors (Lipinski definition) is 1. The van der Waals surface area contributed by atoms with Crippen molar-refractivity contribution >= 4 is 33.5 Å². The van der Waals surface area contributed by atoms with Crippen LogP contribution in [0.4, 0.5) is 5.69 Å². The predicted molar refractivity (Wildman–Crippen MR) is 120 cm³/mol. The minimum absolute atomic E-state index is 0.156. The standard InChI is InChI=1S/C24H22BrNO4/c1-2-29-24(28)18-8-11-21(12-9-18)26-23(27)15-19-14-20(25)10-13-22(19)30-16-17-6-4-3-5-7-17/h3-14H,2,15-16H2,1H3,(H,26,27). The van der Waals surface area contributed by atoms with Crippen LogP contribution in [-0.2, 0) is 22.6 Å². The molecular formula is C24H22BrNO4. The molecular weight excluding hydrogens is 446 g/mol. The fourth-order valence-corrected chi connectivity index (χ4v) is 3.25. The Morgan fingerprint density at radius 3 is 2.40 bits per heavy atom. The normalized spacial score (nSPS) is 10.3. The molecule has 1 N–H and O–H groups in total. The van der Waals surface area contributed by atoms with E-state index in [1.165, 1.54) is 0 Å². The van der Waals surface area contributed by atoms with E-state index in [-0.39, 0.29) is 18.3 Å². The van der Waals surface area contributed by atoms with Gasteiger partial charge >= 0.3 is 5.97 Å². The molecule has 5 nitrogen and oxygen atoms in total. The van der Waals surface area contributed by atoms with Crippen LogP contribution in [0.2, 0.25) is 0 Å². The van der Waals surface area contributed by atoms with Crippen molar-refractivity contribution in [2.45, 2.75) is 20.0 Å². The number of amides is 1. The van der Waals surface area contributed by atoms with Gasteiger partial charge in [-0.25, -0.2) is 4.79 Å². The summed E-state index contributed by atoms with van der Waals surface area (Å²) >= 11 is 3.45. The van der Waals surface area contributed by atoms with E-state index in [1.54, 1.807) is 31.2 Å². The number of halogens is 1. The van der Waals surface area contributed by atoms with Crippen LogP contribution in [0.25, 0.3) is 0 Å². The molecule has 0 fully saturated rings. The number of esters is 1. The van der Waals surface area contributed by atoms with Crippen LogP contribution >= 0.6 is 15.9 Å². The van der Waals surface area contributed by atoms with Gasteiger partial charge in [-0.2, -0.15) is 0 Å². The van der Waals surface area contributed by atoms with E-state index < -0.39 is 0 Å². The molecule has 0 bridgehead atoms. The molecule has 0 aromatic heterocycles. The third-order valence-electron chi connectivity index (χ3n) is 4.29. The molecule has 0 saturated heterocycles. The summed E-state index contributed by atoms with van der Waals surface area (Å²) in [4.78, 5) is 24.3. The van der Waals surface area contributed by atoms with Crippen LogP contribution in [0, 0.1) is 0 Å². The zero-order chi connectivity index (χ0) is 21.3. The molecule has 0 aliphatic carbocycles. The lowest BCUT2D eigenvalue weighted by Gasteiger charge is -2.13. The largest absolute Gasteiger partial charge is 0.489 e. The maximum Gasteiger partial charge on any atom is 0.338 e. The maximum absolute atomic E-state index is 12.6. The number of nitrogens with one attached hydrogen (secondary N) is 1. The molecule has 0 heterocycles. The summed E-state index contributed by atoms with van der Waals surface area (Å²) in [5.74, 6) is 0.0983.